The van der Waals surface area contributed by atoms with Crippen LogP contribution >= 0.6 is 28.1 Å². The Morgan fingerprint density at radius 2 is 2.25 bits per heavy atom. The van der Waals surface area contributed by atoms with Crippen molar-refractivity contribution in [3.63, 3.8) is 0 Å². The number of hydrogen-bond acceptors (Lipinski definition) is 5. The van der Waals surface area contributed by atoms with E-state index < -0.39 is 0 Å². The minimum absolute atomic E-state index is 0.348. The summed E-state index contributed by atoms with van der Waals surface area (Å²) in [5.74, 6) is 1.21. The Morgan fingerprint density at radius 1 is 1.42 bits per heavy atom. The number of thiocarbonyl (C=S) groups is 1. The van der Waals surface area contributed by atoms with Crippen LogP contribution in [-0.2, 0) is 6.61 Å². The van der Waals surface area contributed by atoms with Crippen molar-refractivity contribution < 1.29 is 9.47 Å². The van der Waals surface area contributed by atoms with Crippen molar-refractivity contribution in [1.82, 2.24) is 15.7 Å². The van der Waals surface area contributed by atoms with Crippen molar-refractivity contribution >= 4 is 39.5 Å². The molecular weight excluding hydrogens is 392 g/mol. The van der Waals surface area contributed by atoms with Crippen molar-refractivity contribution in [2.45, 2.75) is 6.61 Å². The van der Waals surface area contributed by atoms with Crippen LogP contribution in [0.15, 0.2) is 46.1 Å². The van der Waals surface area contributed by atoms with Gasteiger partial charge < -0.3 is 14.8 Å². The Hall–Kier alpha value is -2.19. The molecule has 0 spiro atoms. The van der Waals surface area contributed by atoms with Crippen LogP contribution in [0.3, 0.4) is 0 Å². The molecule has 0 aliphatic carbocycles. The third-order valence-electron chi connectivity index (χ3n) is 2.95. The minimum Gasteiger partial charge on any atom is -0.493 e. The van der Waals surface area contributed by atoms with Gasteiger partial charge in [0.2, 0.25) is 0 Å². The van der Waals surface area contributed by atoms with Crippen LogP contribution < -0.4 is 20.2 Å². The third-order valence-corrected chi connectivity index (χ3v) is 3.83. The van der Waals surface area contributed by atoms with Crippen LogP contribution in [-0.4, -0.2) is 30.5 Å². The van der Waals surface area contributed by atoms with E-state index in [1.165, 1.54) is 0 Å². The number of nitrogens with one attached hydrogen (secondary N) is 2. The van der Waals surface area contributed by atoms with Crippen LogP contribution in [0.1, 0.15) is 11.3 Å². The third kappa shape index (κ3) is 5.17. The van der Waals surface area contributed by atoms with Gasteiger partial charge in [-0.3, -0.25) is 10.4 Å². The smallest absolute Gasteiger partial charge is 0.186 e. The lowest BCUT2D eigenvalue weighted by Gasteiger charge is -2.13. The van der Waals surface area contributed by atoms with E-state index in [-0.39, 0.29) is 0 Å². The molecule has 0 saturated carbocycles. The molecule has 2 aromatic rings. The van der Waals surface area contributed by atoms with E-state index >= 15 is 0 Å². The molecule has 0 aliphatic heterocycles. The van der Waals surface area contributed by atoms with Crippen molar-refractivity contribution in [1.29, 1.82) is 0 Å². The summed E-state index contributed by atoms with van der Waals surface area (Å²) >= 11 is 8.45. The number of aromatic nitrogens is 1. The fraction of sp³-hybridized carbons (Fsp3) is 0.188. The first-order valence-electron chi connectivity index (χ1n) is 7.05. The monoisotopic (exact) mass is 408 g/mol. The summed E-state index contributed by atoms with van der Waals surface area (Å²) < 4.78 is 12.0. The molecule has 8 heteroatoms. The predicted molar refractivity (Wildman–Crippen MR) is 102 cm³/mol. The fourth-order valence-corrected chi connectivity index (χ4v) is 2.43. The largest absolute Gasteiger partial charge is 0.493 e. The zero-order valence-corrected chi connectivity index (χ0v) is 15.6. The molecule has 126 valence electrons. The molecule has 0 unspecified atom stereocenters. The molecule has 2 N–H and O–H groups in total. The van der Waals surface area contributed by atoms with Crippen molar-refractivity contribution in [2.24, 2.45) is 5.10 Å². The second-order valence-electron chi connectivity index (χ2n) is 4.59. The number of methoxy groups -OCH3 is 1. The first-order valence-corrected chi connectivity index (χ1v) is 8.25. The van der Waals surface area contributed by atoms with Crippen LogP contribution in [0.5, 0.6) is 11.5 Å². The van der Waals surface area contributed by atoms with Gasteiger partial charge in [-0.2, -0.15) is 5.10 Å². The minimum atomic E-state index is 0.348. The van der Waals surface area contributed by atoms with Gasteiger partial charge >= 0.3 is 0 Å². The summed E-state index contributed by atoms with van der Waals surface area (Å²) in [6.07, 6.45) is 3.37. The molecule has 0 radical (unpaired) electrons. The fourth-order valence-electron chi connectivity index (χ4n) is 1.81. The number of halogens is 1. The Morgan fingerprint density at radius 3 is 2.92 bits per heavy atom. The lowest BCUT2D eigenvalue weighted by Crippen LogP contribution is -2.28. The quantitative estimate of drug-likeness (QED) is 0.435. The van der Waals surface area contributed by atoms with E-state index in [9.17, 15) is 0 Å². The van der Waals surface area contributed by atoms with Crippen molar-refractivity contribution in [3.8, 4) is 11.5 Å². The maximum Gasteiger partial charge on any atom is 0.186 e. The molecule has 1 heterocycles. The van der Waals surface area contributed by atoms with Crippen molar-refractivity contribution in [2.75, 3.05) is 14.2 Å². The number of hydrogen-bond donors (Lipinski definition) is 2. The van der Waals surface area contributed by atoms with Crippen LogP contribution in [0, 0.1) is 0 Å². The molecule has 0 aliphatic rings. The molecule has 0 bridgehead atoms. The highest BCUT2D eigenvalue weighted by molar-refractivity contribution is 9.10. The first kappa shape index (κ1) is 18.2. The Kier molecular flexibility index (Phi) is 6.95. The molecular formula is C16H17BrN4O2S. The number of benzene rings is 1. The second-order valence-corrected chi connectivity index (χ2v) is 5.86. The normalized spacial score (nSPS) is 10.5. The van der Waals surface area contributed by atoms with Gasteiger partial charge in [0.1, 0.15) is 6.61 Å². The molecule has 0 amide bonds. The Balaban J connectivity index is 2.13. The number of nitrogens with zero attached hydrogens (tertiary/aromatic N) is 2. The van der Waals surface area contributed by atoms with Gasteiger partial charge in [-0.05, 0) is 58.0 Å². The predicted octanol–water partition coefficient (Wildman–Crippen LogP) is 2.86. The van der Waals surface area contributed by atoms with E-state index in [4.69, 9.17) is 21.7 Å². The van der Waals surface area contributed by atoms with E-state index in [1.807, 2.05) is 30.3 Å². The average molecular weight is 409 g/mol. The highest BCUT2D eigenvalue weighted by Crippen LogP contribution is 2.36. The highest BCUT2D eigenvalue weighted by Gasteiger charge is 2.11. The zero-order chi connectivity index (χ0) is 17.4. The SMILES string of the molecule is CNC(=S)N/N=C\c1cc(Br)c(OCc2ccccn2)c(OC)c1. The average Bonchev–Trinajstić information content (AvgIpc) is 2.61. The standard InChI is InChI=1S/C16H17BrN4O2S/c1-18-16(24)21-20-9-11-7-13(17)15(14(8-11)22-2)23-10-12-5-3-4-6-19-12/h3-9H,10H2,1-2H3,(H2,18,21,24)/b20-9-. The summed E-state index contributed by atoms with van der Waals surface area (Å²) in [6, 6.07) is 9.38. The number of pyridine rings is 1. The van der Waals surface area contributed by atoms with E-state index in [0.29, 0.717) is 23.2 Å². The number of ether oxygens (including phenoxy) is 2. The van der Waals surface area contributed by atoms with Gasteiger partial charge in [0.15, 0.2) is 16.6 Å². The van der Waals surface area contributed by atoms with Gasteiger partial charge in [0.05, 0.1) is 23.5 Å². The van der Waals surface area contributed by atoms with E-state index in [1.54, 1.807) is 26.6 Å². The summed E-state index contributed by atoms with van der Waals surface area (Å²) in [7, 11) is 3.31. The summed E-state index contributed by atoms with van der Waals surface area (Å²) in [6.45, 7) is 0.348. The topological polar surface area (TPSA) is 67.8 Å². The zero-order valence-electron chi connectivity index (χ0n) is 13.2. The van der Waals surface area contributed by atoms with Gasteiger partial charge in [-0.1, -0.05) is 6.07 Å². The molecule has 6 nitrogen and oxygen atoms in total. The van der Waals surface area contributed by atoms with Gasteiger partial charge in [0, 0.05) is 13.2 Å². The first-order chi connectivity index (χ1) is 11.6. The Labute approximate surface area is 154 Å². The summed E-state index contributed by atoms with van der Waals surface area (Å²) in [4.78, 5) is 4.23. The summed E-state index contributed by atoms with van der Waals surface area (Å²) in [5, 5.41) is 7.26. The summed E-state index contributed by atoms with van der Waals surface area (Å²) in [5.41, 5.74) is 4.36. The number of rotatable bonds is 6. The molecule has 24 heavy (non-hydrogen) atoms. The Bertz CT molecular complexity index is 726. The van der Waals surface area contributed by atoms with E-state index in [2.05, 4.69) is 36.8 Å². The van der Waals surface area contributed by atoms with Gasteiger partial charge in [0.25, 0.3) is 0 Å². The van der Waals surface area contributed by atoms with Gasteiger partial charge in [-0.15, -0.1) is 0 Å². The second kappa shape index (κ2) is 9.19. The maximum atomic E-state index is 5.83. The lowest BCUT2D eigenvalue weighted by atomic mass is 10.2. The molecule has 1 aromatic heterocycles. The molecule has 0 fully saturated rings. The lowest BCUT2D eigenvalue weighted by molar-refractivity contribution is 0.279. The van der Waals surface area contributed by atoms with Crippen LogP contribution in [0.25, 0.3) is 0 Å². The van der Waals surface area contributed by atoms with Crippen molar-refractivity contribution in [3.05, 3.63) is 52.3 Å². The molecule has 1 aromatic carbocycles. The van der Waals surface area contributed by atoms with E-state index in [0.717, 1.165) is 15.7 Å². The number of hydrazone groups is 1. The molecule has 2 rings (SSSR count). The highest BCUT2D eigenvalue weighted by atomic mass is 79.9. The van der Waals surface area contributed by atoms with Crippen LogP contribution in [0.2, 0.25) is 0 Å². The molecule has 0 saturated heterocycles. The maximum absolute atomic E-state index is 5.83. The van der Waals surface area contributed by atoms with Crippen LogP contribution in [0.4, 0.5) is 0 Å². The van der Waals surface area contributed by atoms with Gasteiger partial charge in [-0.25, -0.2) is 0 Å². The molecule has 0 atom stereocenters.